The van der Waals surface area contributed by atoms with Gasteiger partial charge in [0.15, 0.2) is 11.3 Å². The third-order valence-corrected chi connectivity index (χ3v) is 4.26. The number of aromatic nitrogens is 5. The number of benzene rings is 1. The molecule has 0 radical (unpaired) electrons. The average Bonchev–Trinajstić information content (AvgIpc) is 3.20. The Kier molecular flexibility index (Phi) is 4.14. The molecule has 0 aliphatic carbocycles. The lowest BCUT2D eigenvalue weighted by Gasteiger charge is -2.09. The molecule has 0 bridgehead atoms. The number of aryl methyl sites for hydroxylation is 1. The lowest BCUT2D eigenvalue weighted by atomic mass is 10.2. The Morgan fingerprint density at radius 2 is 2.04 bits per heavy atom. The Hall–Kier alpha value is -3.19. The fourth-order valence-electron chi connectivity index (χ4n) is 2.68. The van der Waals surface area contributed by atoms with E-state index < -0.39 is 0 Å². The van der Waals surface area contributed by atoms with Crippen molar-refractivity contribution in [3.05, 3.63) is 76.8 Å². The van der Waals surface area contributed by atoms with Crippen LogP contribution < -0.4 is 5.32 Å². The predicted molar refractivity (Wildman–Crippen MR) is 98.5 cm³/mol. The van der Waals surface area contributed by atoms with Crippen molar-refractivity contribution in [2.24, 2.45) is 0 Å². The van der Waals surface area contributed by atoms with Crippen molar-refractivity contribution in [2.75, 3.05) is 5.32 Å². The van der Waals surface area contributed by atoms with Crippen molar-refractivity contribution in [2.45, 2.75) is 13.5 Å². The molecule has 0 unspecified atom stereocenters. The van der Waals surface area contributed by atoms with Gasteiger partial charge >= 0.3 is 0 Å². The maximum atomic E-state index is 12.6. The standard InChI is InChI=1S/C18H15ClN6O/c1-12-9-17(25(22-12)11-13-5-2-3-6-14(13)19)21-18(26)15-10-16-20-7-4-8-24(16)23-15/h2-10H,11H2,1H3,(H,21,26). The highest BCUT2D eigenvalue weighted by Gasteiger charge is 2.15. The van der Waals surface area contributed by atoms with Crippen LogP contribution in [0.1, 0.15) is 21.7 Å². The van der Waals surface area contributed by atoms with Gasteiger partial charge in [-0.1, -0.05) is 29.8 Å². The maximum absolute atomic E-state index is 12.6. The first-order valence-corrected chi connectivity index (χ1v) is 8.37. The lowest BCUT2D eigenvalue weighted by molar-refractivity contribution is 0.102. The molecule has 130 valence electrons. The monoisotopic (exact) mass is 366 g/mol. The second-order valence-corrected chi connectivity index (χ2v) is 6.23. The summed E-state index contributed by atoms with van der Waals surface area (Å²) in [6.45, 7) is 2.32. The lowest BCUT2D eigenvalue weighted by Crippen LogP contribution is -2.16. The summed E-state index contributed by atoms with van der Waals surface area (Å²) in [6.07, 6.45) is 3.39. The Bertz CT molecular complexity index is 1070. The van der Waals surface area contributed by atoms with Crippen LogP contribution >= 0.6 is 11.6 Å². The number of carbonyl (C=O) groups excluding carboxylic acids is 1. The summed E-state index contributed by atoms with van der Waals surface area (Å²) in [5, 5.41) is 12.2. The molecule has 0 fully saturated rings. The van der Waals surface area contributed by atoms with Crippen molar-refractivity contribution >= 4 is 29.0 Å². The fourth-order valence-corrected chi connectivity index (χ4v) is 2.87. The van der Waals surface area contributed by atoms with Crippen LogP contribution in [0.25, 0.3) is 5.65 Å². The first-order valence-electron chi connectivity index (χ1n) is 8.00. The van der Waals surface area contributed by atoms with Gasteiger partial charge in [0.2, 0.25) is 0 Å². The van der Waals surface area contributed by atoms with Crippen LogP contribution in [0.2, 0.25) is 5.02 Å². The topological polar surface area (TPSA) is 77.1 Å². The first kappa shape index (κ1) is 16.3. The number of halogens is 1. The molecule has 0 saturated carbocycles. The van der Waals surface area contributed by atoms with E-state index in [1.807, 2.05) is 37.3 Å². The Balaban J connectivity index is 1.60. The highest BCUT2D eigenvalue weighted by atomic mass is 35.5. The van der Waals surface area contributed by atoms with E-state index in [0.29, 0.717) is 23.0 Å². The zero-order valence-corrected chi connectivity index (χ0v) is 14.7. The van der Waals surface area contributed by atoms with E-state index in [9.17, 15) is 4.79 Å². The van der Waals surface area contributed by atoms with Gasteiger partial charge < -0.3 is 5.32 Å². The molecule has 1 N–H and O–H groups in total. The molecule has 4 rings (SSSR count). The summed E-state index contributed by atoms with van der Waals surface area (Å²) < 4.78 is 3.27. The van der Waals surface area contributed by atoms with Crippen molar-refractivity contribution in [3.63, 3.8) is 0 Å². The third kappa shape index (κ3) is 3.16. The number of nitrogens with zero attached hydrogens (tertiary/aromatic N) is 5. The Labute approximate surface area is 154 Å². The van der Waals surface area contributed by atoms with E-state index in [0.717, 1.165) is 11.3 Å². The SMILES string of the molecule is Cc1cc(NC(=O)c2cc3ncccn3n2)n(Cc2ccccc2Cl)n1. The van der Waals surface area contributed by atoms with Crippen LogP contribution in [0.4, 0.5) is 5.82 Å². The summed E-state index contributed by atoms with van der Waals surface area (Å²) in [6, 6.07) is 12.7. The molecule has 0 aliphatic heterocycles. The smallest absolute Gasteiger partial charge is 0.277 e. The normalized spacial score (nSPS) is 11.0. The van der Waals surface area contributed by atoms with E-state index in [1.54, 1.807) is 33.7 Å². The third-order valence-electron chi connectivity index (χ3n) is 3.89. The summed E-state index contributed by atoms with van der Waals surface area (Å²) in [4.78, 5) is 16.7. The number of anilines is 1. The molecule has 26 heavy (non-hydrogen) atoms. The van der Waals surface area contributed by atoms with Crippen LogP contribution in [-0.4, -0.2) is 30.3 Å². The van der Waals surface area contributed by atoms with Crippen LogP contribution in [0.15, 0.2) is 54.9 Å². The summed E-state index contributed by atoms with van der Waals surface area (Å²) in [5.41, 5.74) is 2.61. The molecule has 7 nitrogen and oxygen atoms in total. The number of hydrogen-bond acceptors (Lipinski definition) is 4. The minimum Gasteiger partial charge on any atom is -0.305 e. The van der Waals surface area contributed by atoms with Gasteiger partial charge in [0, 0.05) is 29.5 Å². The minimum absolute atomic E-state index is 0.284. The molecule has 1 aromatic carbocycles. The zero-order valence-electron chi connectivity index (χ0n) is 13.9. The van der Waals surface area contributed by atoms with Gasteiger partial charge in [0.1, 0.15) is 5.82 Å². The van der Waals surface area contributed by atoms with E-state index in [2.05, 4.69) is 20.5 Å². The van der Waals surface area contributed by atoms with Gasteiger partial charge in [0.05, 0.1) is 12.2 Å². The molecule has 3 heterocycles. The van der Waals surface area contributed by atoms with Crippen LogP contribution in [0, 0.1) is 6.92 Å². The van der Waals surface area contributed by atoms with Gasteiger partial charge in [-0.2, -0.15) is 10.2 Å². The Morgan fingerprint density at radius 1 is 1.19 bits per heavy atom. The molecule has 3 aromatic heterocycles. The predicted octanol–water partition coefficient (Wildman–Crippen LogP) is 3.19. The van der Waals surface area contributed by atoms with Crippen molar-refractivity contribution < 1.29 is 4.79 Å². The van der Waals surface area contributed by atoms with Gasteiger partial charge in [0.25, 0.3) is 5.91 Å². The number of rotatable bonds is 4. The molecule has 1 amide bonds. The van der Waals surface area contributed by atoms with Crippen LogP contribution in [-0.2, 0) is 6.54 Å². The van der Waals surface area contributed by atoms with Crippen molar-refractivity contribution in [1.82, 2.24) is 24.4 Å². The molecule has 0 saturated heterocycles. The Morgan fingerprint density at radius 3 is 2.85 bits per heavy atom. The first-order chi connectivity index (χ1) is 12.6. The van der Waals surface area contributed by atoms with Crippen LogP contribution in [0.5, 0.6) is 0 Å². The number of amides is 1. The van der Waals surface area contributed by atoms with E-state index in [-0.39, 0.29) is 11.6 Å². The number of nitrogens with one attached hydrogen (secondary N) is 1. The highest BCUT2D eigenvalue weighted by molar-refractivity contribution is 6.31. The number of carbonyl (C=O) groups is 1. The molecule has 0 aliphatic rings. The summed E-state index contributed by atoms with van der Waals surface area (Å²) >= 11 is 6.23. The van der Waals surface area contributed by atoms with E-state index >= 15 is 0 Å². The second kappa shape index (κ2) is 6.61. The molecular weight excluding hydrogens is 352 g/mol. The number of fused-ring (bicyclic) bond motifs is 1. The van der Waals surface area contributed by atoms with E-state index in [4.69, 9.17) is 11.6 Å². The second-order valence-electron chi connectivity index (χ2n) is 5.83. The van der Waals surface area contributed by atoms with Crippen molar-refractivity contribution in [3.8, 4) is 0 Å². The van der Waals surface area contributed by atoms with Crippen LogP contribution in [0.3, 0.4) is 0 Å². The molecule has 4 aromatic rings. The molecule has 0 atom stereocenters. The molecule has 8 heteroatoms. The largest absolute Gasteiger partial charge is 0.305 e. The quantitative estimate of drug-likeness (QED) is 0.601. The zero-order chi connectivity index (χ0) is 18.1. The number of hydrogen-bond donors (Lipinski definition) is 1. The van der Waals surface area contributed by atoms with Gasteiger partial charge in [-0.3, -0.25) is 4.79 Å². The maximum Gasteiger partial charge on any atom is 0.277 e. The highest BCUT2D eigenvalue weighted by Crippen LogP contribution is 2.19. The van der Waals surface area contributed by atoms with E-state index in [1.165, 1.54) is 0 Å². The van der Waals surface area contributed by atoms with Gasteiger partial charge in [-0.05, 0) is 24.6 Å². The molecular formula is C18H15ClN6O. The van der Waals surface area contributed by atoms with Gasteiger partial charge in [-0.15, -0.1) is 0 Å². The fraction of sp³-hybridized carbons (Fsp3) is 0.111. The minimum atomic E-state index is -0.323. The summed E-state index contributed by atoms with van der Waals surface area (Å²) in [7, 11) is 0. The average molecular weight is 367 g/mol. The van der Waals surface area contributed by atoms with Crippen molar-refractivity contribution in [1.29, 1.82) is 0 Å². The van der Waals surface area contributed by atoms with Gasteiger partial charge in [-0.25, -0.2) is 14.2 Å². The molecule has 0 spiro atoms. The summed E-state index contributed by atoms with van der Waals surface area (Å²) in [5.74, 6) is 0.258.